The maximum absolute atomic E-state index is 12.2. The minimum absolute atomic E-state index is 0.0307. The Morgan fingerprint density at radius 1 is 1.40 bits per heavy atom. The van der Waals surface area contributed by atoms with Crippen molar-refractivity contribution in [1.29, 1.82) is 0 Å². The first-order valence-corrected chi connectivity index (χ1v) is 8.96. The molecule has 116 valence electrons. The number of aliphatic hydroxyl groups excluding tert-OH is 1. The molecule has 3 atom stereocenters. The Labute approximate surface area is 126 Å². The molecule has 5 heteroatoms. The fourth-order valence-electron chi connectivity index (χ4n) is 2.94. The van der Waals surface area contributed by atoms with Crippen molar-refractivity contribution >= 4 is 17.8 Å². The Morgan fingerprint density at radius 3 is 2.80 bits per heavy atom. The Balaban J connectivity index is 1.72. The zero-order valence-corrected chi connectivity index (χ0v) is 13.5. The average Bonchev–Trinajstić information content (AvgIpc) is 3.23. The Bertz CT molecular complexity index is 321. The van der Waals surface area contributed by atoms with E-state index in [1.807, 2.05) is 11.8 Å². The largest absolute Gasteiger partial charge is 0.391 e. The van der Waals surface area contributed by atoms with Gasteiger partial charge in [0, 0.05) is 24.9 Å². The van der Waals surface area contributed by atoms with E-state index >= 15 is 0 Å². The number of hydrogen-bond donors (Lipinski definition) is 2. The van der Waals surface area contributed by atoms with Crippen LogP contribution in [0.25, 0.3) is 0 Å². The van der Waals surface area contributed by atoms with Crippen LogP contribution in [0.3, 0.4) is 0 Å². The summed E-state index contributed by atoms with van der Waals surface area (Å²) < 4.78 is 0. The van der Waals surface area contributed by atoms with E-state index < -0.39 is 0 Å². The smallest absolute Gasteiger partial charge is 0.317 e. The van der Waals surface area contributed by atoms with Crippen molar-refractivity contribution in [2.45, 2.75) is 62.8 Å². The summed E-state index contributed by atoms with van der Waals surface area (Å²) in [5.74, 6) is 1.57. The molecule has 0 aromatic rings. The van der Waals surface area contributed by atoms with Gasteiger partial charge >= 0.3 is 6.03 Å². The Kier molecular flexibility index (Phi) is 6.02. The molecule has 0 aromatic carbocycles. The van der Waals surface area contributed by atoms with Gasteiger partial charge in [0.15, 0.2) is 0 Å². The van der Waals surface area contributed by atoms with E-state index in [2.05, 4.69) is 12.2 Å². The number of urea groups is 1. The van der Waals surface area contributed by atoms with Crippen LogP contribution in [-0.4, -0.2) is 52.8 Å². The second-order valence-electron chi connectivity index (χ2n) is 6.18. The predicted octanol–water partition coefficient (Wildman–Crippen LogP) is 2.46. The van der Waals surface area contributed by atoms with E-state index in [0.717, 1.165) is 31.4 Å². The van der Waals surface area contributed by atoms with E-state index in [1.54, 1.807) is 11.9 Å². The van der Waals surface area contributed by atoms with Crippen molar-refractivity contribution in [3.05, 3.63) is 0 Å². The maximum Gasteiger partial charge on any atom is 0.317 e. The lowest BCUT2D eigenvalue weighted by Crippen LogP contribution is -2.47. The normalized spacial score (nSPS) is 27.9. The van der Waals surface area contributed by atoms with Gasteiger partial charge in [-0.25, -0.2) is 4.79 Å². The van der Waals surface area contributed by atoms with Crippen LogP contribution in [0.2, 0.25) is 0 Å². The van der Waals surface area contributed by atoms with Gasteiger partial charge in [0.05, 0.1) is 6.10 Å². The molecule has 2 aliphatic rings. The van der Waals surface area contributed by atoms with Gasteiger partial charge in [-0.15, -0.1) is 0 Å². The third-order valence-corrected chi connectivity index (χ3v) is 5.56. The van der Waals surface area contributed by atoms with Gasteiger partial charge < -0.3 is 15.3 Å². The van der Waals surface area contributed by atoms with Crippen LogP contribution in [0.4, 0.5) is 4.79 Å². The molecule has 0 aromatic heterocycles. The molecular weight excluding hydrogens is 272 g/mol. The Morgan fingerprint density at radius 2 is 2.15 bits per heavy atom. The first-order chi connectivity index (χ1) is 9.60. The van der Waals surface area contributed by atoms with Crippen LogP contribution in [0.15, 0.2) is 0 Å². The van der Waals surface area contributed by atoms with Gasteiger partial charge in [-0.05, 0) is 43.8 Å². The van der Waals surface area contributed by atoms with Crippen molar-refractivity contribution < 1.29 is 9.90 Å². The molecule has 3 unspecified atom stereocenters. The van der Waals surface area contributed by atoms with Crippen LogP contribution in [0.1, 0.15) is 45.4 Å². The summed E-state index contributed by atoms with van der Waals surface area (Å²) in [4.78, 5) is 13.8. The molecule has 0 spiro atoms. The predicted molar refractivity (Wildman–Crippen MR) is 84.1 cm³/mol. The number of carbonyl (C=O) groups excluding carboxylic acids is 1. The number of nitrogens with zero attached hydrogens (tertiary/aromatic N) is 1. The molecule has 2 N–H and O–H groups in total. The zero-order valence-electron chi connectivity index (χ0n) is 12.7. The summed E-state index contributed by atoms with van der Waals surface area (Å²) in [6, 6.07) is 0.276. The third kappa shape index (κ3) is 4.85. The van der Waals surface area contributed by atoms with Gasteiger partial charge in [0.1, 0.15) is 0 Å². The van der Waals surface area contributed by atoms with Crippen LogP contribution >= 0.6 is 11.8 Å². The van der Waals surface area contributed by atoms with E-state index in [0.29, 0.717) is 23.8 Å². The van der Waals surface area contributed by atoms with Crippen molar-refractivity contribution in [2.24, 2.45) is 5.92 Å². The molecule has 2 amide bonds. The van der Waals surface area contributed by atoms with Crippen molar-refractivity contribution in [3.63, 3.8) is 0 Å². The summed E-state index contributed by atoms with van der Waals surface area (Å²) in [6.07, 6.45) is 6.53. The summed E-state index contributed by atoms with van der Waals surface area (Å²) >= 11 is 2.01. The molecule has 20 heavy (non-hydrogen) atoms. The standard InChI is InChI=1S/C15H28N2O2S/c1-3-20-13-6-4-5-12(9-13)16-15(19)17(2)10-14(18)11-7-8-11/h11-14,18H,3-10H2,1-2H3,(H,16,19). The second kappa shape index (κ2) is 7.55. The molecule has 0 radical (unpaired) electrons. The number of likely N-dealkylation sites (N-methyl/N-ethyl adjacent to an activating group) is 1. The summed E-state index contributed by atoms with van der Waals surface area (Å²) in [7, 11) is 1.78. The molecule has 0 saturated heterocycles. The highest BCUT2D eigenvalue weighted by Crippen LogP contribution is 2.32. The van der Waals surface area contributed by atoms with Crippen molar-refractivity contribution in [2.75, 3.05) is 19.3 Å². The SMILES string of the molecule is CCSC1CCCC(NC(=O)N(C)CC(O)C2CC2)C1. The quantitative estimate of drug-likeness (QED) is 0.792. The van der Waals surface area contributed by atoms with Gasteiger partial charge in [0.25, 0.3) is 0 Å². The first kappa shape index (κ1) is 16.0. The highest BCUT2D eigenvalue weighted by molar-refractivity contribution is 7.99. The molecule has 2 saturated carbocycles. The van der Waals surface area contributed by atoms with Crippen LogP contribution in [0.5, 0.6) is 0 Å². The topological polar surface area (TPSA) is 52.6 Å². The lowest BCUT2D eigenvalue weighted by Gasteiger charge is -2.31. The van der Waals surface area contributed by atoms with Gasteiger partial charge in [-0.1, -0.05) is 13.3 Å². The number of amides is 2. The van der Waals surface area contributed by atoms with E-state index in [4.69, 9.17) is 0 Å². The maximum atomic E-state index is 12.2. The third-order valence-electron chi connectivity index (χ3n) is 4.33. The highest BCUT2D eigenvalue weighted by Gasteiger charge is 2.31. The number of hydrogen-bond acceptors (Lipinski definition) is 3. The molecule has 2 fully saturated rings. The monoisotopic (exact) mass is 300 g/mol. The molecule has 0 heterocycles. The van der Waals surface area contributed by atoms with E-state index in [1.165, 1.54) is 12.8 Å². The molecule has 2 aliphatic carbocycles. The van der Waals surface area contributed by atoms with E-state index in [-0.39, 0.29) is 12.1 Å². The number of nitrogens with one attached hydrogen (secondary N) is 1. The summed E-state index contributed by atoms with van der Waals surface area (Å²) in [5, 5.41) is 13.7. The number of aliphatic hydroxyl groups is 1. The fraction of sp³-hybridized carbons (Fsp3) is 0.933. The fourth-order valence-corrected chi connectivity index (χ4v) is 4.11. The number of thioether (sulfide) groups is 1. The lowest BCUT2D eigenvalue weighted by atomic mass is 9.95. The van der Waals surface area contributed by atoms with Crippen LogP contribution in [-0.2, 0) is 0 Å². The second-order valence-corrected chi connectivity index (χ2v) is 7.75. The first-order valence-electron chi connectivity index (χ1n) is 7.91. The minimum atomic E-state index is -0.347. The Hall–Kier alpha value is -0.420. The minimum Gasteiger partial charge on any atom is -0.391 e. The molecule has 0 bridgehead atoms. The number of carbonyl (C=O) groups is 1. The molecule has 4 nitrogen and oxygen atoms in total. The lowest BCUT2D eigenvalue weighted by molar-refractivity contribution is 0.112. The van der Waals surface area contributed by atoms with Crippen molar-refractivity contribution in [1.82, 2.24) is 10.2 Å². The number of rotatable bonds is 6. The highest BCUT2D eigenvalue weighted by atomic mass is 32.2. The van der Waals surface area contributed by atoms with Gasteiger partial charge in [-0.3, -0.25) is 0 Å². The molecule has 0 aliphatic heterocycles. The summed E-state index contributed by atoms with van der Waals surface area (Å²) in [6.45, 7) is 2.65. The molecule has 2 rings (SSSR count). The molecular formula is C15H28N2O2S. The average molecular weight is 300 g/mol. The van der Waals surface area contributed by atoms with Gasteiger partial charge in [-0.2, -0.15) is 11.8 Å². The van der Waals surface area contributed by atoms with E-state index in [9.17, 15) is 9.90 Å². The van der Waals surface area contributed by atoms with Crippen LogP contribution < -0.4 is 5.32 Å². The van der Waals surface area contributed by atoms with Crippen LogP contribution in [0, 0.1) is 5.92 Å². The van der Waals surface area contributed by atoms with Gasteiger partial charge in [0.2, 0.25) is 0 Å². The summed E-state index contributed by atoms with van der Waals surface area (Å²) in [5.41, 5.74) is 0. The zero-order chi connectivity index (χ0) is 14.5. The van der Waals surface area contributed by atoms with Crippen molar-refractivity contribution in [3.8, 4) is 0 Å².